The standard InChI is InChI=1S/C24H26N2O5.2C2H6/c1-26-14-17(11-15-7-8-16(23(27)28)12-22(15)30-2)20-13-18(9-10-21(20)26)25-24(29)31-19-5-3-4-6-19;2*1-2/h7-10,12-14,19H,3-6,11H2,1-2H3,(H,25,29)(H,27,28);2*1-2H3. The summed E-state index contributed by atoms with van der Waals surface area (Å²) < 4.78 is 13.0. The quantitative estimate of drug-likeness (QED) is 0.394. The zero-order valence-electron chi connectivity index (χ0n) is 21.7. The number of aromatic nitrogens is 1. The summed E-state index contributed by atoms with van der Waals surface area (Å²) in [5.74, 6) is -0.457. The highest BCUT2D eigenvalue weighted by Gasteiger charge is 2.19. The third kappa shape index (κ3) is 7.01. The van der Waals surface area contributed by atoms with Crippen LogP contribution in [0, 0.1) is 0 Å². The van der Waals surface area contributed by atoms with Gasteiger partial charge in [0.05, 0.1) is 12.7 Å². The maximum Gasteiger partial charge on any atom is 0.411 e. The van der Waals surface area contributed by atoms with Crippen LogP contribution < -0.4 is 10.1 Å². The molecule has 3 aromatic rings. The molecule has 7 nitrogen and oxygen atoms in total. The van der Waals surface area contributed by atoms with E-state index in [2.05, 4.69) is 5.32 Å². The number of hydrogen-bond acceptors (Lipinski definition) is 4. The van der Waals surface area contributed by atoms with Crippen molar-refractivity contribution in [1.29, 1.82) is 0 Å². The minimum Gasteiger partial charge on any atom is -0.496 e. The molecule has 35 heavy (non-hydrogen) atoms. The van der Waals surface area contributed by atoms with E-state index >= 15 is 0 Å². The highest BCUT2D eigenvalue weighted by Crippen LogP contribution is 2.30. The molecule has 4 rings (SSSR count). The van der Waals surface area contributed by atoms with E-state index in [9.17, 15) is 14.7 Å². The van der Waals surface area contributed by atoms with Gasteiger partial charge in [0.25, 0.3) is 0 Å². The number of hydrogen-bond donors (Lipinski definition) is 2. The summed E-state index contributed by atoms with van der Waals surface area (Å²) in [4.78, 5) is 23.5. The van der Waals surface area contributed by atoms with E-state index in [0.29, 0.717) is 17.9 Å². The van der Waals surface area contributed by atoms with Crippen molar-refractivity contribution in [2.45, 2.75) is 65.9 Å². The van der Waals surface area contributed by atoms with Crippen LogP contribution in [0.5, 0.6) is 5.75 Å². The van der Waals surface area contributed by atoms with Gasteiger partial charge in [0.2, 0.25) is 0 Å². The summed E-state index contributed by atoms with van der Waals surface area (Å²) in [5.41, 5.74) is 3.83. The molecule has 0 atom stereocenters. The van der Waals surface area contributed by atoms with Crippen LogP contribution in [-0.2, 0) is 18.2 Å². The highest BCUT2D eigenvalue weighted by atomic mass is 16.6. The molecule has 0 unspecified atom stereocenters. The molecule has 1 saturated carbocycles. The van der Waals surface area contributed by atoms with Crippen LogP contribution in [0.2, 0.25) is 0 Å². The highest BCUT2D eigenvalue weighted by molar-refractivity contribution is 5.92. The summed E-state index contributed by atoms with van der Waals surface area (Å²) in [5, 5.41) is 13.1. The number of aryl methyl sites for hydroxylation is 1. The smallest absolute Gasteiger partial charge is 0.411 e. The van der Waals surface area contributed by atoms with Crippen molar-refractivity contribution in [3.63, 3.8) is 0 Å². The van der Waals surface area contributed by atoms with Crippen molar-refractivity contribution in [3.8, 4) is 5.75 Å². The van der Waals surface area contributed by atoms with Crippen LogP contribution in [0.25, 0.3) is 10.9 Å². The largest absolute Gasteiger partial charge is 0.496 e. The van der Waals surface area contributed by atoms with Crippen molar-refractivity contribution >= 4 is 28.7 Å². The molecule has 1 heterocycles. The molecule has 2 N–H and O–H groups in total. The Hall–Kier alpha value is -3.48. The van der Waals surface area contributed by atoms with Crippen molar-refractivity contribution in [2.24, 2.45) is 7.05 Å². The van der Waals surface area contributed by atoms with Crippen LogP contribution in [0.3, 0.4) is 0 Å². The number of aromatic carboxylic acids is 1. The molecule has 0 aliphatic heterocycles. The van der Waals surface area contributed by atoms with Gasteiger partial charge in [0.1, 0.15) is 11.9 Å². The fraction of sp³-hybridized carbons (Fsp3) is 0.429. The van der Waals surface area contributed by atoms with Gasteiger partial charge in [-0.3, -0.25) is 5.32 Å². The van der Waals surface area contributed by atoms with Gasteiger partial charge in [-0.05, 0) is 67.1 Å². The zero-order valence-corrected chi connectivity index (χ0v) is 21.7. The molecular weight excluding hydrogens is 444 g/mol. The third-order valence-corrected chi connectivity index (χ3v) is 5.81. The van der Waals surface area contributed by atoms with Crippen molar-refractivity contribution in [3.05, 3.63) is 59.3 Å². The Morgan fingerprint density at radius 3 is 2.34 bits per heavy atom. The number of nitrogens with zero attached hydrogens (tertiary/aromatic N) is 1. The third-order valence-electron chi connectivity index (χ3n) is 5.81. The molecule has 0 saturated heterocycles. The fourth-order valence-electron chi connectivity index (χ4n) is 4.23. The number of amides is 1. The van der Waals surface area contributed by atoms with Crippen LogP contribution in [-0.4, -0.2) is 34.9 Å². The van der Waals surface area contributed by atoms with Crippen LogP contribution in [0.15, 0.2) is 42.6 Å². The van der Waals surface area contributed by atoms with Crippen LogP contribution in [0.1, 0.15) is 74.9 Å². The average Bonchev–Trinajstić information content (AvgIpc) is 3.49. The minimum absolute atomic E-state index is 0.0113. The molecule has 1 fully saturated rings. The molecule has 7 heteroatoms. The predicted molar refractivity (Wildman–Crippen MR) is 141 cm³/mol. The minimum atomic E-state index is -0.991. The molecule has 2 aromatic carbocycles. The van der Waals surface area contributed by atoms with E-state index in [4.69, 9.17) is 9.47 Å². The van der Waals surface area contributed by atoms with Crippen molar-refractivity contribution in [1.82, 2.24) is 4.57 Å². The summed E-state index contributed by atoms with van der Waals surface area (Å²) in [6, 6.07) is 10.7. The molecule has 0 radical (unpaired) electrons. The summed E-state index contributed by atoms with van der Waals surface area (Å²) in [6.45, 7) is 8.00. The van der Waals surface area contributed by atoms with E-state index in [1.54, 1.807) is 12.1 Å². The van der Waals surface area contributed by atoms with Gasteiger partial charge < -0.3 is 19.1 Å². The predicted octanol–water partition coefficient (Wildman–Crippen LogP) is 7.02. The molecule has 0 bridgehead atoms. The average molecular weight is 483 g/mol. The van der Waals surface area contributed by atoms with Gasteiger partial charge in [-0.2, -0.15) is 0 Å². The lowest BCUT2D eigenvalue weighted by molar-refractivity contribution is 0.0696. The lowest BCUT2D eigenvalue weighted by Gasteiger charge is -2.12. The first kappa shape index (κ1) is 27.8. The molecule has 190 valence electrons. The molecule has 0 spiro atoms. The Balaban J connectivity index is 0.00000103. The number of carboxylic acids is 1. The maximum absolute atomic E-state index is 12.3. The summed E-state index contributed by atoms with van der Waals surface area (Å²) in [7, 11) is 3.50. The summed E-state index contributed by atoms with van der Waals surface area (Å²) in [6.07, 6.45) is 6.26. The Bertz CT molecular complexity index is 1130. The molecular formula is C28H38N2O5. The lowest BCUT2D eigenvalue weighted by atomic mass is 10.0. The number of fused-ring (bicyclic) bond motifs is 1. The van der Waals surface area contributed by atoms with Gasteiger partial charge in [0, 0.05) is 36.3 Å². The normalized spacial score (nSPS) is 12.7. The molecule has 1 aliphatic carbocycles. The van der Waals surface area contributed by atoms with Crippen LogP contribution in [0.4, 0.5) is 10.5 Å². The topological polar surface area (TPSA) is 89.8 Å². The van der Waals surface area contributed by atoms with E-state index < -0.39 is 12.1 Å². The monoisotopic (exact) mass is 482 g/mol. The lowest BCUT2D eigenvalue weighted by Crippen LogP contribution is -2.20. The number of rotatable bonds is 6. The second-order valence-corrected chi connectivity index (χ2v) is 7.94. The SMILES string of the molecule is CC.CC.COc1cc(C(=O)O)ccc1Cc1cn(C)c2ccc(NC(=O)OC3CCCC3)cc12. The van der Waals surface area contributed by atoms with Gasteiger partial charge in [-0.1, -0.05) is 33.8 Å². The number of carbonyl (C=O) groups is 2. The Kier molecular flexibility index (Phi) is 10.6. The first-order chi connectivity index (χ1) is 16.9. The number of carbonyl (C=O) groups excluding carboxylic acids is 1. The van der Waals surface area contributed by atoms with E-state index in [1.165, 1.54) is 13.2 Å². The number of nitrogens with one attached hydrogen (secondary N) is 1. The second-order valence-electron chi connectivity index (χ2n) is 7.94. The van der Waals surface area contributed by atoms with Gasteiger partial charge >= 0.3 is 12.1 Å². The van der Waals surface area contributed by atoms with Gasteiger partial charge in [0.15, 0.2) is 0 Å². The molecule has 1 aliphatic rings. The number of carboxylic acid groups (broad SMARTS) is 1. The second kappa shape index (κ2) is 13.4. The zero-order chi connectivity index (χ0) is 26.0. The Labute approximate surface area is 208 Å². The first-order valence-electron chi connectivity index (χ1n) is 12.4. The van der Waals surface area contributed by atoms with Crippen LogP contribution >= 0.6 is 0 Å². The van der Waals surface area contributed by atoms with E-state index in [-0.39, 0.29) is 11.7 Å². The van der Waals surface area contributed by atoms with Gasteiger partial charge in [-0.15, -0.1) is 0 Å². The Morgan fingerprint density at radius 2 is 1.71 bits per heavy atom. The Morgan fingerprint density at radius 1 is 1.03 bits per heavy atom. The molecule has 1 aromatic heterocycles. The number of anilines is 1. The molecule has 1 amide bonds. The van der Waals surface area contributed by atoms with Crippen molar-refractivity contribution in [2.75, 3.05) is 12.4 Å². The van der Waals surface area contributed by atoms with E-state index in [0.717, 1.165) is 47.7 Å². The maximum atomic E-state index is 12.3. The number of methoxy groups -OCH3 is 1. The first-order valence-corrected chi connectivity index (χ1v) is 12.4. The van der Waals surface area contributed by atoms with E-state index in [1.807, 2.05) is 63.7 Å². The fourth-order valence-corrected chi connectivity index (χ4v) is 4.23. The number of ether oxygens (including phenoxy) is 2. The van der Waals surface area contributed by atoms with Crippen molar-refractivity contribution < 1.29 is 24.2 Å². The van der Waals surface area contributed by atoms with Gasteiger partial charge in [-0.25, -0.2) is 9.59 Å². The number of benzene rings is 2. The summed E-state index contributed by atoms with van der Waals surface area (Å²) >= 11 is 0.